The quantitative estimate of drug-likeness (QED) is 0.711. The minimum Gasteiger partial charge on any atom is -0.465 e. The second-order valence-corrected chi connectivity index (χ2v) is 6.12. The van der Waals surface area contributed by atoms with E-state index in [2.05, 4.69) is 13.8 Å². The van der Waals surface area contributed by atoms with Crippen molar-refractivity contribution < 1.29 is 9.53 Å². The zero-order valence-electron chi connectivity index (χ0n) is 12.0. The normalized spacial score (nSPS) is 18.9. The summed E-state index contributed by atoms with van der Waals surface area (Å²) >= 11 is 0. The number of carbonyl (C=O) groups excluding carboxylic acids is 1. The first-order valence-corrected chi connectivity index (χ1v) is 7.47. The van der Waals surface area contributed by atoms with Crippen molar-refractivity contribution in [2.75, 3.05) is 13.2 Å². The molecule has 0 aromatic heterocycles. The number of nitrogens with two attached hydrogens (primary N) is 1. The number of esters is 1. The Kier molecular flexibility index (Phi) is 7.33. The first kappa shape index (κ1) is 15.5. The summed E-state index contributed by atoms with van der Waals surface area (Å²) in [7, 11) is 0. The fourth-order valence-corrected chi connectivity index (χ4v) is 2.79. The molecule has 0 saturated heterocycles. The highest BCUT2D eigenvalue weighted by molar-refractivity contribution is 5.69. The maximum absolute atomic E-state index is 11.8. The van der Waals surface area contributed by atoms with Crippen molar-refractivity contribution >= 4 is 5.97 Å². The van der Waals surface area contributed by atoms with Crippen LogP contribution >= 0.6 is 0 Å². The average Bonchev–Trinajstić information content (AvgIpc) is 2.36. The Labute approximate surface area is 111 Å². The number of hydrogen-bond donors (Lipinski definition) is 1. The van der Waals surface area contributed by atoms with Gasteiger partial charge >= 0.3 is 5.97 Å². The van der Waals surface area contributed by atoms with Crippen LogP contribution in [0, 0.1) is 17.8 Å². The predicted molar refractivity (Wildman–Crippen MR) is 74.2 cm³/mol. The van der Waals surface area contributed by atoms with Crippen LogP contribution in [-0.4, -0.2) is 19.1 Å². The summed E-state index contributed by atoms with van der Waals surface area (Å²) in [5, 5.41) is 0. The molecule has 1 rings (SSSR count). The highest BCUT2D eigenvalue weighted by atomic mass is 16.5. The van der Waals surface area contributed by atoms with Gasteiger partial charge in [0.05, 0.1) is 6.61 Å². The molecule has 0 spiro atoms. The largest absolute Gasteiger partial charge is 0.465 e. The lowest BCUT2D eigenvalue weighted by molar-refractivity contribution is -0.146. The first-order chi connectivity index (χ1) is 8.61. The Morgan fingerprint density at radius 2 is 1.94 bits per heavy atom. The molecule has 0 radical (unpaired) electrons. The minimum atomic E-state index is -0.0586. The van der Waals surface area contributed by atoms with Crippen LogP contribution in [0.1, 0.15) is 58.8 Å². The molecule has 1 aliphatic rings. The highest BCUT2D eigenvalue weighted by Crippen LogP contribution is 2.24. The molecule has 1 fully saturated rings. The number of hydrogen-bond acceptors (Lipinski definition) is 3. The number of rotatable bonds is 7. The Hall–Kier alpha value is -0.570. The SMILES string of the molecule is CC(C)C[C@H](CN)CC(=O)OCC1CCCCC1. The summed E-state index contributed by atoms with van der Waals surface area (Å²) in [5.74, 6) is 1.41. The van der Waals surface area contributed by atoms with Gasteiger partial charge in [-0.1, -0.05) is 33.1 Å². The van der Waals surface area contributed by atoms with Crippen LogP contribution in [0.5, 0.6) is 0 Å². The summed E-state index contributed by atoms with van der Waals surface area (Å²) < 4.78 is 5.40. The van der Waals surface area contributed by atoms with E-state index >= 15 is 0 Å². The Balaban J connectivity index is 2.18. The van der Waals surface area contributed by atoms with Gasteiger partial charge in [-0.3, -0.25) is 4.79 Å². The fraction of sp³-hybridized carbons (Fsp3) is 0.933. The van der Waals surface area contributed by atoms with Gasteiger partial charge in [0.2, 0.25) is 0 Å². The van der Waals surface area contributed by atoms with E-state index < -0.39 is 0 Å². The highest BCUT2D eigenvalue weighted by Gasteiger charge is 2.18. The Morgan fingerprint density at radius 3 is 2.50 bits per heavy atom. The lowest BCUT2D eigenvalue weighted by Gasteiger charge is -2.22. The zero-order chi connectivity index (χ0) is 13.4. The van der Waals surface area contributed by atoms with Crippen molar-refractivity contribution in [1.29, 1.82) is 0 Å². The molecular weight excluding hydrogens is 226 g/mol. The lowest BCUT2D eigenvalue weighted by atomic mass is 9.90. The van der Waals surface area contributed by atoms with E-state index in [0.29, 0.717) is 31.4 Å². The number of carbonyl (C=O) groups is 1. The summed E-state index contributed by atoms with van der Waals surface area (Å²) in [6, 6.07) is 0. The molecule has 1 saturated carbocycles. The molecule has 0 unspecified atom stereocenters. The first-order valence-electron chi connectivity index (χ1n) is 7.47. The van der Waals surface area contributed by atoms with E-state index in [1.807, 2.05) is 0 Å². The maximum Gasteiger partial charge on any atom is 0.306 e. The van der Waals surface area contributed by atoms with Gasteiger partial charge in [0.15, 0.2) is 0 Å². The van der Waals surface area contributed by atoms with Gasteiger partial charge in [-0.15, -0.1) is 0 Å². The van der Waals surface area contributed by atoms with Crippen molar-refractivity contribution in [3.05, 3.63) is 0 Å². The van der Waals surface area contributed by atoms with Crippen LogP contribution in [0.15, 0.2) is 0 Å². The van der Waals surface area contributed by atoms with E-state index in [-0.39, 0.29) is 11.9 Å². The van der Waals surface area contributed by atoms with Crippen LogP contribution in [0.2, 0.25) is 0 Å². The molecule has 3 nitrogen and oxygen atoms in total. The zero-order valence-corrected chi connectivity index (χ0v) is 12.0. The second kappa shape index (κ2) is 8.52. The molecule has 0 aliphatic heterocycles. The van der Waals surface area contributed by atoms with Crippen molar-refractivity contribution in [1.82, 2.24) is 0 Å². The third-order valence-corrected chi connectivity index (χ3v) is 3.80. The molecule has 1 aliphatic carbocycles. The van der Waals surface area contributed by atoms with Gasteiger partial charge in [0.25, 0.3) is 0 Å². The van der Waals surface area contributed by atoms with Gasteiger partial charge in [0.1, 0.15) is 0 Å². The number of ether oxygens (including phenoxy) is 1. The second-order valence-electron chi connectivity index (χ2n) is 6.12. The van der Waals surface area contributed by atoms with E-state index in [0.717, 1.165) is 6.42 Å². The average molecular weight is 255 g/mol. The van der Waals surface area contributed by atoms with Crippen molar-refractivity contribution in [3.8, 4) is 0 Å². The predicted octanol–water partition coefficient (Wildman–Crippen LogP) is 3.12. The van der Waals surface area contributed by atoms with Gasteiger partial charge < -0.3 is 10.5 Å². The van der Waals surface area contributed by atoms with Crippen LogP contribution in [-0.2, 0) is 9.53 Å². The van der Waals surface area contributed by atoms with Gasteiger partial charge in [-0.05, 0) is 43.6 Å². The fourth-order valence-electron chi connectivity index (χ4n) is 2.79. The van der Waals surface area contributed by atoms with Gasteiger partial charge in [0, 0.05) is 6.42 Å². The third-order valence-electron chi connectivity index (χ3n) is 3.80. The summed E-state index contributed by atoms with van der Waals surface area (Å²) in [4.78, 5) is 11.8. The molecule has 0 aromatic rings. The molecule has 2 N–H and O–H groups in total. The van der Waals surface area contributed by atoms with Crippen LogP contribution < -0.4 is 5.73 Å². The molecular formula is C15H29NO2. The summed E-state index contributed by atoms with van der Waals surface area (Å²) in [6.07, 6.45) is 7.87. The molecule has 18 heavy (non-hydrogen) atoms. The van der Waals surface area contributed by atoms with Crippen LogP contribution in [0.25, 0.3) is 0 Å². The molecule has 1 atom stereocenters. The monoisotopic (exact) mass is 255 g/mol. The minimum absolute atomic E-state index is 0.0586. The van der Waals surface area contributed by atoms with E-state index in [9.17, 15) is 4.79 Å². The molecule has 0 bridgehead atoms. The van der Waals surface area contributed by atoms with E-state index in [1.54, 1.807) is 0 Å². The third kappa shape index (κ3) is 6.39. The Bertz CT molecular complexity index is 235. The Morgan fingerprint density at radius 1 is 1.28 bits per heavy atom. The summed E-state index contributed by atoms with van der Waals surface area (Å²) in [5.41, 5.74) is 5.70. The van der Waals surface area contributed by atoms with Crippen molar-refractivity contribution in [3.63, 3.8) is 0 Å². The standard InChI is InChI=1S/C15H29NO2/c1-12(2)8-14(10-16)9-15(17)18-11-13-6-4-3-5-7-13/h12-14H,3-11,16H2,1-2H3/t14-/m0/s1. The van der Waals surface area contributed by atoms with Crippen LogP contribution in [0.4, 0.5) is 0 Å². The van der Waals surface area contributed by atoms with Crippen LogP contribution in [0.3, 0.4) is 0 Å². The smallest absolute Gasteiger partial charge is 0.306 e. The molecule has 0 aromatic carbocycles. The summed E-state index contributed by atoms with van der Waals surface area (Å²) in [6.45, 7) is 5.53. The maximum atomic E-state index is 11.8. The molecule has 0 heterocycles. The molecule has 106 valence electrons. The van der Waals surface area contributed by atoms with Crippen molar-refractivity contribution in [2.45, 2.75) is 58.8 Å². The van der Waals surface area contributed by atoms with E-state index in [1.165, 1.54) is 32.1 Å². The van der Waals surface area contributed by atoms with Gasteiger partial charge in [-0.25, -0.2) is 0 Å². The molecule has 0 amide bonds. The topological polar surface area (TPSA) is 52.3 Å². The van der Waals surface area contributed by atoms with Gasteiger partial charge in [-0.2, -0.15) is 0 Å². The van der Waals surface area contributed by atoms with E-state index in [4.69, 9.17) is 10.5 Å². The molecule has 3 heteroatoms. The van der Waals surface area contributed by atoms with Crippen molar-refractivity contribution in [2.24, 2.45) is 23.5 Å². The lowest BCUT2D eigenvalue weighted by Crippen LogP contribution is -2.23.